The predicted octanol–water partition coefficient (Wildman–Crippen LogP) is 2.64. The van der Waals surface area contributed by atoms with E-state index in [1.165, 1.54) is 64.6 Å². The van der Waals surface area contributed by atoms with Crippen LogP contribution in [0.4, 0.5) is 0 Å². The lowest BCUT2D eigenvalue weighted by Crippen LogP contribution is -2.45. The van der Waals surface area contributed by atoms with Crippen molar-refractivity contribution in [1.82, 2.24) is 10.2 Å². The molecule has 1 saturated heterocycles. The van der Waals surface area contributed by atoms with E-state index < -0.39 is 0 Å². The van der Waals surface area contributed by atoms with Crippen LogP contribution in [0.2, 0.25) is 0 Å². The topological polar surface area (TPSA) is 15.3 Å². The predicted molar refractivity (Wildman–Crippen MR) is 69.7 cm³/mol. The monoisotopic (exact) mass is 224 g/mol. The zero-order chi connectivity index (χ0) is 11.2. The van der Waals surface area contributed by atoms with Crippen LogP contribution in [0.5, 0.6) is 0 Å². The Hall–Kier alpha value is -0.0800. The Bertz CT molecular complexity index is 187. The molecule has 0 radical (unpaired) electrons. The highest BCUT2D eigenvalue weighted by molar-refractivity contribution is 4.82. The van der Waals surface area contributed by atoms with Gasteiger partial charge in [0.05, 0.1) is 0 Å². The first-order valence-corrected chi connectivity index (χ1v) is 7.35. The summed E-state index contributed by atoms with van der Waals surface area (Å²) in [5.41, 5.74) is 0. The third kappa shape index (κ3) is 3.46. The van der Waals surface area contributed by atoms with Gasteiger partial charge >= 0.3 is 0 Å². The number of rotatable bonds is 4. The lowest BCUT2D eigenvalue weighted by atomic mass is 9.90. The van der Waals surface area contributed by atoms with Crippen LogP contribution in [0.1, 0.15) is 51.9 Å². The van der Waals surface area contributed by atoms with Crippen molar-refractivity contribution in [2.45, 2.75) is 57.9 Å². The van der Waals surface area contributed by atoms with Gasteiger partial charge in [-0.05, 0) is 51.2 Å². The van der Waals surface area contributed by atoms with Crippen LogP contribution >= 0.6 is 0 Å². The van der Waals surface area contributed by atoms with E-state index in [0.29, 0.717) is 0 Å². The lowest BCUT2D eigenvalue weighted by molar-refractivity contribution is 0.0982. The highest BCUT2D eigenvalue weighted by atomic mass is 15.2. The zero-order valence-electron chi connectivity index (χ0n) is 10.9. The van der Waals surface area contributed by atoms with Gasteiger partial charge in [-0.25, -0.2) is 0 Å². The second kappa shape index (κ2) is 6.61. The fourth-order valence-electron chi connectivity index (χ4n) is 3.39. The normalized spacial score (nSPS) is 29.4. The second-order valence-electron chi connectivity index (χ2n) is 5.60. The van der Waals surface area contributed by atoms with Crippen molar-refractivity contribution in [3.05, 3.63) is 0 Å². The fraction of sp³-hybridized carbons (Fsp3) is 1.00. The average molecular weight is 224 g/mol. The molecule has 0 aromatic heterocycles. The summed E-state index contributed by atoms with van der Waals surface area (Å²) in [6.07, 6.45) is 10.2. The minimum atomic E-state index is 0.913. The molecule has 94 valence electrons. The number of nitrogens with one attached hydrogen (secondary N) is 1. The van der Waals surface area contributed by atoms with Gasteiger partial charge in [-0.1, -0.05) is 26.2 Å². The van der Waals surface area contributed by atoms with Crippen LogP contribution in [-0.4, -0.2) is 37.1 Å². The molecule has 1 heterocycles. The largest absolute Gasteiger partial charge is 0.317 e. The molecule has 2 aliphatic rings. The average Bonchev–Trinajstić information content (AvgIpc) is 2.38. The smallest absolute Gasteiger partial charge is 0.00953 e. The quantitative estimate of drug-likeness (QED) is 0.790. The molecule has 1 aliphatic carbocycles. The molecule has 2 heteroatoms. The van der Waals surface area contributed by atoms with Gasteiger partial charge in [0.15, 0.2) is 0 Å². The molecule has 0 spiro atoms. The Morgan fingerprint density at radius 2 is 1.88 bits per heavy atom. The van der Waals surface area contributed by atoms with E-state index in [4.69, 9.17) is 0 Å². The van der Waals surface area contributed by atoms with E-state index in [1.54, 1.807) is 0 Å². The van der Waals surface area contributed by atoms with Gasteiger partial charge in [0.1, 0.15) is 0 Å². The molecule has 1 atom stereocenters. The molecular formula is C14H28N2. The highest BCUT2D eigenvalue weighted by Crippen LogP contribution is 2.26. The van der Waals surface area contributed by atoms with Crippen molar-refractivity contribution < 1.29 is 0 Å². The maximum Gasteiger partial charge on any atom is 0.00953 e. The van der Waals surface area contributed by atoms with Gasteiger partial charge in [0.25, 0.3) is 0 Å². The van der Waals surface area contributed by atoms with Crippen molar-refractivity contribution in [2.24, 2.45) is 5.92 Å². The van der Waals surface area contributed by atoms with Crippen LogP contribution in [0.25, 0.3) is 0 Å². The van der Waals surface area contributed by atoms with Gasteiger partial charge in [0, 0.05) is 12.6 Å². The molecule has 2 fully saturated rings. The summed E-state index contributed by atoms with van der Waals surface area (Å²) in [6.45, 7) is 7.30. The molecule has 1 aliphatic heterocycles. The first-order valence-electron chi connectivity index (χ1n) is 7.35. The Kier molecular flexibility index (Phi) is 5.11. The maximum atomic E-state index is 3.51. The standard InChI is InChI=1S/C14H28N2/c1-2-15-11-13-7-6-10-16(12-13)14-8-4-3-5-9-14/h13-15H,2-12H2,1H3. The summed E-state index contributed by atoms with van der Waals surface area (Å²) < 4.78 is 0. The number of hydrogen-bond donors (Lipinski definition) is 1. The van der Waals surface area contributed by atoms with Crippen molar-refractivity contribution >= 4 is 0 Å². The van der Waals surface area contributed by atoms with E-state index in [-0.39, 0.29) is 0 Å². The number of piperidine rings is 1. The molecule has 2 rings (SSSR count). The zero-order valence-corrected chi connectivity index (χ0v) is 10.9. The summed E-state index contributed by atoms with van der Waals surface area (Å²) in [5, 5.41) is 3.51. The van der Waals surface area contributed by atoms with Gasteiger partial charge in [-0.2, -0.15) is 0 Å². The molecule has 0 aromatic rings. The SMILES string of the molecule is CCNCC1CCCN(C2CCCCC2)C1. The third-order valence-electron chi connectivity index (χ3n) is 4.32. The Balaban J connectivity index is 1.76. The van der Waals surface area contributed by atoms with E-state index in [9.17, 15) is 0 Å². The molecule has 0 aromatic carbocycles. The minimum absolute atomic E-state index is 0.913. The summed E-state index contributed by atoms with van der Waals surface area (Å²) in [6, 6.07) is 0.929. The van der Waals surface area contributed by atoms with Crippen LogP contribution in [0, 0.1) is 5.92 Å². The Morgan fingerprint density at radius 1 is 1.06 bits per heavy atom. The van der Waals surface area contributed by atoms with Crippen molar-refractivity contribution in [3.8, 4) is 0 Å². The third-order valence-corrected chi connectivity index (χ3v) is 4.32. The number of nitrogens with zero attached hydrogens (tertiary/aromatic N) is 1. The van der Waals surface area contributed by atoms with E-state index >= 15 is 0 Å². The first kappa shape index (κ1) is 12.4. The fourth-order valence-corrected chi connectivity index (χ4v) is 3.39. The van der Waals surface area contributed by atoms with Gasteiger partial charge in [-0.15, -0.1) is 0 Å². The Labute approximate surface area is 101 Å². The second-order valence-corrected chi connectivity index (χ2v) is 5.60. The highest BCUT2D eigenvalue weighted by Gasteiger charge is 2.26. The van der Waals surface area contributed by atoms with Crippen molar-refractivity contribution in [2.75, 3.05) is 26.2 Å². The first-order chi connectivity index (χ1) is 7.90. The van der Waals surface area contributed by atoms with Crippen LogP contribution in [0.3, 0.4) is 0 Å². The Morgan fingerprint density at radius 3 is 2.62 bits per heavy atom. The maximum absolute atomic E-state index is 3.51. The summed E-state index contributed by atoms with van der Waals surface area (Å²) in [4.78, 5) is 2.80. The van der Waals surface area contributed by atoms with Crippen molar-refractivity contribution in [3.63, 3.8) is 0 Å². The van der Waals surface area contributed by atoms with E-state index in [0.717, 1.165) is 18.5 Å². The van der Waals surface area contributed by atoms with E-state index in [2.05, 4.69) is 17.1 Å². The molecule has 0 bridgehead atoms. The van der Waals surface area contributed by atoms with Gasteiger partial charge in [0.2, 0.25) is 0 Å². The van der Waals surface area contributed by atoms with Crippen LogP contribution in [-0.2, 0) is 0 Å². The number of hydrogen-bond acceptors (Lipinski definition) is 2. The van der Waals surface area contributed by atoms with Crippen LogP contribution in [0.15, 0.2) is 0 Å². The van der Waals surface area contributed by atoms with Gasteiger partial charge in [-0.3, -0.25) is 0 Å². The summed E-state index contributed by atoms with van der Waals surface area (Å²) in [5.74, 6) is 0.913. The van der Waals surface area contributed by atoms with Crippen molar-refractivity contribution in [1.29, 1.82) is 0 Å². The number of likely N-dealkylation sites (tertiary alicyclic amines) is 1. The van der Waals surface area contributed by atoms with Crippen LogP contribution < -0.4 is 5.32 Å². The molecule has 1 saturated carbocycles. The summed E-state index contributed by atoms with van der Waals surface area (Å²) in [7, 11) is 0. The summed E-state index contributed by atoms with van der Waals surface area (Å²) >= 11 is 0. The molecule has 1 unspecified atom stereocenters. The molecule has 16 heavy (non-hydrogen) atoms. The lowest BCUT2D eigenvalue weighted by Gasteiger charge is -2.40. The minimum Gasteiger partial charge on any atom is -0.317 e. The molecular weight excluding hydrogens is 196 g/mol. The molecule has 0 amide bonds. The molecule has 1 N–H and O–H groups in total. The molecule has 2 nitrogen and oxygen atoms in total. The van der Waals surface area contributed by atoms with E-state index in [1.807, 2.05) is 0 Å². The van der Waals surface area contributed by atoms with Gasteiger partial charge < -0.3 is 10.2 Å².